The number of nitrogens with zero attached hydrogens (tertiary/aromatic N) is 1. The van der Waals surface area contributed by atoms with E-state index in [1.807, 2.05) is 18.4 Å². The van der Waals surface area contributed by atoms with Crippen LogP contribution in [0.5, 0.6) is 0 Å². The molecule has 0 saturated heterocycles. The van der Waals surface area contributed by atoms with Gasteiger partial charge in [-0.15, -0.1) is 11.3 Å². The Bertz CT molecular complexity index is 549. The zero-order valence-electron chi connectivity index (χ0n) is 9.29. The highest BCUT2D eigenvalue weighted by Gasteiger charge is 2.16. The third kappa shape index (κ3) is 2.35. The molecule has 17 heavy (non-hydrogen) atoms. The topological polar surface area (TPSA) is 69.2 Å². The molecular formula is C12H12N2O2S. The molecule has 88 valence electrons. The zero-order valence-corrected chi connectivity index (χ0v) is 10.1. The minimum absolute atomic E-state index is 0.0530. The summed E-state index contributed by atoms with van der Waals surface area (Å²) in [6.45, 7) is 1.89. The Morgan fingerprint density at radius 2 is 2.12 bits per heavy atom. The summed E-state index contributed by atoms with van der Waals surface area (Å²) < 4.78 is 0. The van der Waals surface area contributed by atoms with E-state index in [0.29, 0.717) is 5.56 Å². The van der Waals surface area contributed by atoms with Gasteiger partial charge in [-0.2, -0.15) is 0 Å². The van der Waals surface area contributed by atoms with Gasteiger partial charge in [0.1, 0.15) is 0 Å². The standard InChI is InChI=1S/C12H12N2O2S/c1-8(13)9-6-12(17-7-9)10-4-2-3-5-11(10)14(15)16/h2-8H,13H2,1H3. The normalized spacial score (nSPS) is 12.4. The molecule has 5 heteroatoms. The molecular weight excluding hydrogens is 236 g/mol. The fourth-order valence-electron chi connectivity index (χ4n) is 1.57. The van der Waals surface area contributed by atoms with Crippen LogP contribution in [0.3, 0.4) is 0 Å². The van der Waals surface area contributed by atoms with Gasteiger partial charge in [0.15, 0.2) is 0 Å². The fraction of sp³-hybridized carbons (Fsp3) is 0.167. The molecule has 0 saturated carbocycles. The molecule has 0 aliphatic carbocycles. The van der Waals surface area contributed by atoms with E-state index in [1.54, 1.807) is 18.2 Å². The van der Waals surface area contributed by atoms with E-state index < -0.39 is 0 Å². The van der Waals surface area contributed by atoms with E-state index in [-0.39, 0.29) is 16.7 Å². The number of para-hydroxylation sites is 1. The molecule has 0 radical (unpaired) electrons. The number of nitro benzene ring substituents is 1. The van der Waals surface area contributed by atoms with Crippen molar-refractivity contribution in [2.75, 3.05) is 0 Å². The first-order valence-electron chi connectivity index (χ1n) is 5.17. The highest BCUT2D eigenvalue weighted by Crippen LogP contribution is 2.35. The molecule has 0 bridgehead atoms. The van der Waals surface area contributed by atoms with Crippen LogP contribution in [0.25, 0.3) is 10.4 Å². The molecule has 1 aromatic heterocycles. The van der Waals surface area contributed by atoms with Crippen molar-refractivity contribution in [3.8, 4) is 10.4 Å². The quantitative estimate of drug-likeness (QED) is 0.669. The predicted octanol–water partition coefficient (Wildman–Crippen LogP) is 3.34. The number of rotatable bonds is 3. The van der Waals surface area contributed by atoms with Gasteiger partial charge >= 0.3 is 0 Å². The monoisotopic (exact) mass is 248 g/mol. The molecule has 4 nitrogen and oxygen atoms in total. The van der Waals surface area contributed by atoms with Crippen molar-refractivity contribution in [1.29, 1.82) is 0 Å². The second-order valence-corrected chi connectivity index (χ2v) is 4.72. The van der Waals surface area contributed by atoms with Crippen molar-refractivity contribution in [1.82, 2.24) is 0 Å². The van der Waals surface area contributed by atoms with Crippen LogP contribution >= 0.6 is 11.3 Å². The van der Waals surface area contributed by atoms with E-state index in [4.69, 9.17) is 5.73 Å². The molecule has 0 spiro atoms. The Hall–Kier alpha value is -1.72. The molecule has 1 unspecified atom stereocenters. The Morgan fingerprint density at radius 1 is 1.41 bits per heavy atom. The van der Waals surface area contributed by atoms with Crippen LogP contribution < -0.4 is 5.73 Å². The second-order valence-electron chi connectivity index (χ2n) is 3.81. The van der Waals surface area contributed by atoms with Gasteiger partial charge in [-0.3, -0.25) is 10.1 Å². The Labute approximate surface area is 103 Å². The number of benzene rings is 1. The number of hydrogen-bond donors (Lipinski definition) is 1. The summed E-state index contributed by atoms with van der Waals surface area (Å²) in [6, 6.07) is 8.60. The highest BCUT2D eigenvalue weighted by atomic mass is 32.1. The molecule has 0 aliphatic heterocycles. The lowest BCUT2D eigenvalue weighted by Crippen LogP contribution is -2.02. The number of hydrogen-bond acceptors (Lipinski definition) is 4. The summed E-state index contributed by atoms with van der Waals surface area (Å²) in [5, 5.41) is 12.9. The molecule has 1 aromatic carbocycles. The lowest BCUT2D eigenvalue weighted by Gasteiger charge is -2.00. The van der Waals surface area contributed by atoms with Crippen LogP contribution in [0, 0.1) is 10.1 Å². The molecule has 2 rings (SSSR count). The van der Waals surface area contributed by atoms with Crippen molar-refractivity contribution >= 4 is 17.0 Å². The van der Waals surface area contributed by atoms with Gasteiger partial charge in [0.05, 0.1) is 10.5 Å². The SMILES string of the molecule is CC(N)c1csc(-c2ccccc2[N+](=O)[O-])c1. The number of nitrogens with two attached hydrogens (primary N) is 1. The molecule has 0 amide bonds. The summed E-state index contributed by atoms with van der Waals surface area (Å²) in [4.78, 5) is 11.4. The van der Waals surface area contributed by atoms with Crippen molar-refractivity contribution in [3.63, 3.8) is 0 Å². The third-order valence-electron chi connectivity index (χ3n) is 2.51. The lowest BCUT2D eigenvalue weighted by molar-refractivity contribution is -0.384. The van der Waals surface area contributed by atoms with Gasteiger partial charge in [0.25, 0.3) is 5.69 Å². The largest absolute Gasteiger partial charge is 0.324 e. The Kier molecular flexibility index (Phi) is 3.21. The van der Waals surface area contributed by atoms with Crippen LogP contribution in [0.15, 0.2) is 35.7 Å². The van der Waals surface area contributed by atoms with Crippen molar-refractivity contribution in [3.05, 3.63) is 51.4 Å². The zero-order chi connectivity index (χ0) is 12.4. The summed E-state index contributed by atoms with van der Waals surface area (Å²) in [6.07, 6.45) is 0. The summed E-state index contributed by atoms with van der Waals surface area (Å²) >= 11 is 1.48. The van der Waals surface area contributed by atoms with E-state index in [1.165, 1.54) is 17.4 Å². The number of nitro groups is 1. The molecule has 1 atom stereocenters. The predicted molar refractivity (Wildman–Crippen MR) is 69.0 cm³/mol. The minimum Gasteiger partial charge on any atom is -0.324 e. The van der Waals surface area contributed by atoms with Gasteiger partial charge in [0, 0.05) is 17.0 Å². The molecule has 1 heterocycles. The van der Waals surface area contributed by atoms with Gasteiger partial charge in [-0.25, -0.2) is 0 Å². The van der Waals surface area contributed by atoms with E-state index in [9.17, 15) is 10.1 Å². The lowest BCUT2D eigenvalue weighted by atomic mass is 10.1. The minimum atomic E-state index is -0.361. The van der Waals surface area contributed by atoms with Gasteiger partial charge in [-0.1, -0.05) is 12.1 Å². The molecule has 2 N–H and O–H groups in total. The van der Waals surface area contributed by atoms with Crippen molar-refractivity contribution in [2.45, 2.75) is 13.0 Å². The van der Waals surface area contributed by atoms with Gasteiger partial charge in [0.2, 0.25) is 0 Å². The number of thiophene rings is 1. The first kappa shape index (κ1) is 11.8. The molecule has 0 fully saturated rings. The maximum absolute atomic E-state index is 10.9. The summed E-state index contributed by atoms with van der Waals surface area (Å²) in [7, 11) is 0. The third-order valence-corrected chi connectivity index (χ3v) is 3.49. The first-order chi connectivity index (χ1) is 8.09. The Morgan fingerprint density at radius 3 is 2.71 bits per heavy atom. The summed E-state index contributed by atoms with van der Waals surface area (Å²) in [5.74, 6) is 0. The van der Waals surface area contributed by atoms with Crippen LogP contribution in [0.4, 0.5) is 5.69 Å². The van der Waals surface area contributed by atoms with Gasteiger partial charge in [-0.05, 0) is 30.0 Å². The van der Waals surface area contributed by atoms with Crippen LogP contribution in [-0.2, 0) is 0 Å². The van der Waals surface area contributed by atoms with Crippen LogP contribution in [-0.4, -0.2) is 4.92 Å². The smallest absolute Gasteiger partial charge is 0.278 e. The van der Waals surface area contributed by atoms with E-state index >= 15 is 0 Å². The highest BCUT2D eigenvalue weighted by molar-refractivity contribution is 7.13. The maximum Gasteiger partial charge on any atom is 0.278 e. The summed E-state index contributed by atoms with van der Waals surface area (Å²) in [5.41, 5.74) is 7.56. The van der Waals surface area contributed by atoms with Crippen LogP contribution in [0.2, 0.25) is 0 Å². The van der Waals surface area contributed by atoms with E-state index in [0.717, 1.165) is 10.4 Å². The molecule has 2 aromatic rings. The maximum atomic E-state index is 10.9. The van der Waals surface area contributed by atoms with Crippen molar-refractivity contribution < 1.29 is 4.92 Å². The fourth-order valence-corrected chi connectivity index (χ4v) is 2.62. The average molecular weight is 248 g/mol. The first-order valence-corrected chi connectivity index (χ1v) is 6.05. The average Bonchev–Trinajstić information content (AvgIpc) is 2.78. The second kappa shape index (κ2) is 4.65. The van der Waals surface area contributed by atoms with Crippen LogP contribution in [0.1, 0.15) is 18.5 Å². The Balaban J connectivity index is 2.49. The molecule has 0 aliphatic rings. The van der Waals surface area contributed by atoms with Crippen molar-refractivity contribution in [2.24, 2.45) is 5.73 Å². The van der Waals surface area contributed by atoms with E-state index in [2.05, 4.69) is 0 Å². The van der Waals surface area contributed by atoms with Gasteiger partial charge < -0.3 is 5.73 Å².